The molecule has 20 heavy (non-hydrogen) atoms. The summed E-state index contributed by atoms with van der Waals surface area (Å²) in [4.78, 5) is 11.1. The number of rotatable bonds is 4. The largest absolute Gasteiger partial charge is 0.392 e. The van der Waals surface area contributed by atoms with Gasteiger partial charge in [0.05, 0.1) is 6.61 Å². The lowest BCUT2D eigenvalue weighted by Crippen LogP contribution is -1.98. The fraction of sp³-hybridized carbons (Fsp3) is 0.118. The molecular formula is C17H15NO2. The zero-order chi connectivity index (χ0) is 13.9. The van der Waals surface area contributed by atoms with Crippen molar-refractivity contribution in [1.29, 1.82) is 0 Å². The van der Waals surface area contributed by atoms with E-state index in [0.29, 0.717) is 12.1 Å². The summed E-state index contributed by atoms with van der Waals surface area (Å²) in [5.41, 5.74) is 3.81. The minimum atomic E-state index is 0.0576. The number of fused-ring (bicyclic) bond motifs is 1. The molecule has 0 fully saturated rings. The van der Waals surface area contributed by atoms with Gasteiger partial charge in [0.1, 0.15) is 0 Å². The van der Waals surface area contributed by atoms with Gasteiger partial charge >= 0.3 is 0 Å². The highest BCUT2D eigenvalue weighted by molar-refractivity contribution is 5.97. The highest BCUT2D eigenvalue weighted by Crippen LogP contribution is 2.21. The molecule has 2 aromatic carbocycles. The molecule has 100 valence electrons. The second-order valence-electron chi connectivity index (χ2n) is 4.82. The first-order valence-electron chi connectivity index (χ1n) is 6.53. The second kappa shape index (κ2) is 5.31. The smallest absolute Gasteiger partial charge is 0.152 e. The van der Waals surface area contributed by atoms with E-state index in [0.717, 1.165) is 28.3 Å². The lowest BCUT2D eigenvalue weighted by Gasteiger charge is -2.06. The summed E-state index contributed by atoms with van der Waals surface area (Å²) >= 11 is 0. The highest BCUT2D eigenvalue weighted by Gasteiger charge is 2.07. The van der Waals surface area contributed by atoms with Crippen LogP contribution in [-0.4, -0.2) is 16.0 Å². The Labute approximate surface area is 117 Å². The van der Waals surface area contributed by atoms with Gasteiger partial charge in [-0.3, -0.25) is 4.79 Å². The normalized spacial score (nSPS) is 10.8. The van der Waals surface area contributed by atoms with Gasteiger partial charge in [0, 0.05) is 29.2 Å². The molecule has 0 radical (unpaired) electrons. The van der Waals surface area contributed by atoms with E-state index in [2.05, 4.69) is 4.57 Å². The van der Waals surface area contributed by atoms with Gasteiger partial charge in [0.15, 0.2) is 6.29 Å². The molecule has 3 nitrogen and oxygen atoms in total. The summed E-state index contributed by atoms with van der Waals surface area (Å²) in [5.74, 6) is 0. The third kappa shape index (κ3) is 2.24. The first-order valence-corrected chi connectivity index (χ1v) is 6.53. The molecule has 0 saturated carbocycles. The maximum Gasteiger partial charge on any atom is 0.152 e. The van der Waals surface area contributed by atoms with Gasteiger partial charge in [0.25, 0.3) is 0 Å². The number of hydrogen-bond donors (Lipinski definition) is 1. The molecule has 0 aliphatic rings. The molecule has 3 aromatic rings. The number of nitrogens with zero attached hydrogens (tertiary/aromatic N) is 1. The highest BCUT2D eigenvalue weighted by atomic mass is 16.3. The molecule has 3 rings (SSSR count). The third-order valence-corrected chi connectivity index (χ3v) is 3.50. The fourth-order valence-electron chi connectivity index (χ4n) is 2.45. The Hall–Kier alpha value is -2.39. The van der Waals surface area contributed by atoms with Crippen LogP contribution in [0, 0.1) is 0 Å². The number of hydrogen-bond acceptors (Lipinski definition) is 2. The van der Waals surface area contributed by atoms with Gasteiger partial charge in [0.2, 0.25) is 0 Å². The van der Waals surface area contributed by atoms with Crippen LogP contribution in [0.25, 0.3) is 10.9 Å². The van der Waals surface area contributed by atoms with E-state index in [9.17, 15) is 4.79 Å². The van der Waals surface area contributed by atoms with Crippen LogP contribution in [-0.2, 0) is 13.2 Å². The molecule has 0 atom stereocenters. The number of aliphatic hydroxyl groups is 1. The SMILES string of the molecule is O=Cc1cn(Cc2ccc(CO)cc2)c2ccccc12. The van der Waals surface area contributed by atoms with Crippen molar-refractivity contribution in [2.24, 2.45) is 0 Å². The zero-order valence-corrected chi connectivity index (χ0v) is 11.0. The van der Waals surface area contributed by atoms with Gasteiger partial charge in [-0.1, -0.05) is 42.5 Å². The Balaban J connectivity index is 1.99. The predicted molar refractivity (Wildman–Crippen MR) is 78.8 cm³/mol. The Morgan fingerprint density at radius 3 is 2.40 bits per heavy atom. The Kier molecular flexibility index (Phi) is 3.35. The minimum absolute atomic E-state index is 0.0576. The molecule has 1 heterocycles. The average Bonchev–Trinajstić information content (AvgIpc) is 2.86. The average molecular weight is 265 g/mol. The van der Waals surface area contributed by atoms with Gasteiger partial charge in [-0.2, -0.15) is 0 Å². The quantitative estimate of drug-likeness (QED) is 0.737. The fourth-order valence-corrected chi connectivity index (χ4v) is 2.45. The number of aliphatic hydroxyl groups excluding tert-OH is 1. The Morgan fingerprint density at radius 1 is 1.00 bits per heavy atom. The Bertz CT molecular complexity index is 741. The lowest BCUT2D eigenvalue weighted by molar-refractivity contribution is 0.112. The van der Waals surface area contributed by atoms with Crippen LogP contribution >= 0.6 is 0 Å². The number of aldehydes is 1. The molecule has 3 heteroatoms. The second-order valence-corrected chi connectivity index (χ2v) is 4.82. The number of benzene rings is 2. The summed E-state index contributed by atoms with van der Waals surface area (Å²) in [6, 6.07) is 15.7. The van der Waals surface area contributed by atoms with Gasteiger partial charge in [-0.25, -0.2) is 0 Å². The van der Waals surface area contributed by atoms with E-state index < -0.39 is 0 Å². The van der Waals surface area contributed by atoms with Crippen LogP contribution in [0.2, 0.25) is 0 Å². The summed E-state index contributed by atoms with van der Waals surface area (Å²) in [6.45, 7) is 0.766. The van der Waals surface area contributed by atoms with Crippen LogP contribution in [0.15, 0.2) is 54.7 Å². The van der Waals surface area contributed by atoms with Gasteiger partial charge in [-0.05, 0) is 17.2 Å². The predicted octanol–water partition coefficient (Wildman–Crippen LogP) is 2.99. The zero-order valence-electron chi connectivity index (χ0n) is 11.0. The van der Waals surface area contributed by atoms with Gasteiger partial charge in [-0.15, -0.1) is 0 Å². The van der Waals surface area contributed by atoms with E-state index in [4.69, 9.17) is 5.11 Å². The molecule has 0 bridgehead atoms. The number of para-hydroxylation sites is 1. The molecule has 0 amide bonds. The molecule has 0 unspecified atom stereocenters. The number of carbonyl (C=O) groups is 1. The van der Waals surface area contributed by atoms with Crippen LogP contribution in [0.1, 0.15) is 21.5 Å². The van der Waals surface area contributed by atoms with Crippen molar-refractivity contribution in [1.82, 2.24) is 4.57 Å². The monoisotopic (exact) mass is 265 g/mol. The lowest BCUT2D eigenvalue weighted by atomic mass is 10.1. The van der Waals surface area contributed by atoms with Crippen molar-refractivity contribution < 1.29 is 9.90 Å². The van der Waals surface area contributed by atoms with Crippen LogP contribution in [0.3, 0.4) is 0 Å². The Morgan fingerprint density at radius 2 is 1.70 bits per heavy atom. The van der Waals surface area contributed by atoms with E-state index in [1.165, 1.54) is 0 Å². The third-order valence-electron chi connectivity index (χ3n) is 3.50. The van der Waals surface area contributed by atoms with Crippen LogP contribution in [0.5, 0.6) is 0 Å². The number of carbonyl (C=O) groups excluding carboxylic acids is 1. The first-order chi connectivity index (χ1) is 9.81. The van der Waals surface area contributed by atoms with Crippen molar-refractivity contribution >= 4 is 17.2 Å². The van der Waals surface area contributed by atoms with Crippen molar-refractivity contribution in [3.8, 4) is 0 Å². The summed E-state index contributed by atoms with van der Waals surface area (Å²) in [5, 5.41) is 10.0. The standard InChI is InChI=1S/C17H15NO2/c19-11-14-7-5-13(6-8-14)9-18-10-15(12-20)16-3-1-2-4-17(16)18/h1-8,10,12,19H,9,11H2. The minimum Gasteiger partial charge on any atom is -0.392 e. The first kappa shape index (κ1) is 12.6. The van der Waals surface area contributed by atoms with Gasteiger partial charge < -0.3 is 9.67 Å². The van der Waals surface area contributed by atoms with Crippen LogP contribution < -0.4 is 0 Å². The molecule has 0 aliphatic heterocycles. The van der Waals surface area contributed by atoms with E-state index in [1.807, 2.05) is 54.7 Å². The molecule has 0 spiro atoms. The molecular weight excluding hydrogens is 250 g/mol. The number of aromatic nitrogens is 1. The maximum absolute atomic E-state index is 11.1. The van der Waals surface area contributed by atoms with E-state index in [1.54, 1.807) is 0 Å². The summed E-state index contributed by atoms with van der Waals surface area (Å²) in [7, 11) is 0. The molecule has 0 aliphatic carbocycles. The van der Waals surface area contributed by atoms with Crippen molar-refractivity contribution in [2.75, 3.05) is 0 Å². The molecule has 1 N–H and O–H groups in total. The molecule has 1 aromatic heterocycles. The summed E-state index contributed by atoms with van der Waals surface area (Å²) < 4.78 is 2.08. The topological polar surface area (TPSA) is 42.2 Å². The molecule has 0 saturated heterocycles. The van der Waals surface area contributed by atoms with E-state index in [-0.39, 0.29) is 6.61 Å². The van der Waals surface area contributed by atoms with Crippen molar-refractivity contribution in [3.63, 3.8) is 0 Å². The summed E-state index contributed by atoms with van der Waals surface area (Å²) in [6.07, 6.45) is 2.78. The maximum atomic E-state index is 11.1. The van der Waals surface area contributed by atoms with Crippen molar-refractivity contribution in [2.45, 2.75) is 13.2 Å². The van der Waals surface area contributed by atoms with E-state index >= 15 is 0 Å². The van der Waals surface area contributed by atoms with Crippen molar-refractivity contribution in [3.05, 3.63) is 71.4 Å². The van der Waals surface area contributed by atoms with Crippen LogP contribution in [0.4, 0.5) is 0 Å².